The zero-order valence-corrected chi connectivity index (χ0v) is 15.7. The van der Waals surface area contributed by atoms with Crippen molar-refractivity contribution in [2.45, 2.75) is 19.5 Å². The molecule has 3 heterocycles. The highest BCUT2D eigenvalue weighted by Gasteiger charge is 2.22. The number of aromatic nitrogens is 3. The number of rotatable bonds is 5. The molecule has 1 aromatic carbocycles. The lowest BCUT2D eigenvalue weighted by molar-refractivity contribution is 0.0971. The van der Waals surface area contributed by atoms with Gasteiger partial charge in [0.15, 0.2) is 5.82 Å². The average Bonchev–Trinajstić information content (AvgIpc) is 2.75. The Morgan fingerprint density at radius 3 is 2.48 bits per heavy atom. The van der Waals surface area contributed by atoms with Crippen molar-refractivity contribution >= 4 is 0 Å². The van der Waals surface area contributed by atoms with E-state index < -0.39 is 0 Å². The van der Waals surface area contributed by atoms with E-state index in [2.05, 4.69) is 57.0 Å². The molecule has 1 saturated heterocycles. The fourth-order valence-corrected chi connectivity index (χ4v) is 3.60. The van der Waals surface area contributed by atoms with Crippen LogP contribution < -0.4 is 0 Å². The van der Waals surface area contributed by atoms with E-state index in [9.17, 15) is 0 Å². The van der Waals surface area contributed by atoms with Gasteiger partial charge in [0, 0.05) is 62.9 Å². The molecule has 138 valence electrons. The number of piperazine rings is 1. The zero-order chi connectivity index (χ0) is 18.5. The lowest BCUT2D eigenvalue weighted by Crippen LogP contribution is -2.46. The fourth-order valence-electron chi connectivity index (χ4n) is 3.60. The largest absolute Gasteiger partial charge is 0.295 e. The van der Waals surface area contributed by atoms with Crippen LogP contribution in [0.4, 0.5) is 0 Å². The standard InChI is InChI=1S/C22H25N5/c1-18(19-6-3-2-4-7-19)27-14-12-26(13-15-27)17-21-9-11-24-22(25-21)20-8-5-10-23-16-20/h2-11,16,18H,12-15,17H2,1H3/t18-/m1/s1. The Morgan fingerprint density at radius 2 is 1.74 bits per heavy atom. The third kappa shape index (κ3) is 4.38. The van der Waals surface area contributed by atoms with Crippen molar-refractivity contribution in [3.8, 4) is 11.4 Å². The molecule has 2 aromatic heterocycles. The molecule has 1 atom stereocenters. The van der Waals surface area contributed by atoms with Gasteiger partial charge in [0.1, 0.15) is 0 Å². The van der Waals surface area contributed by atoms with Crippen molar-refractivity contribution in [3.63, 3.8) is 0 Å². The van der Waals surface area contributed by atoms with Gasteiger partial charge in [-0.15, -0.1) is 0 Å². The molecule has 0 radical (unpaired) electrons. The molecule has 0 saturated carbocycles. The summed E-state index contributed by atoms with van der Waals surface area (Å²) in [5.74, 6) is 0.747. The second kappa shape index (κ2) is 8.37. The smallest absolute Gasteiger partial charge is 0.160 e. The van der Waals surface area contributed by atoms with Gasteiger partial charge in [-0.3, -0.25) is 14.8 Å². The van der Waals surface area contributed by atoms with Crippen LogP contribution in [0.25, 0.3) is 11.4 Å². The van der Waals surface area contributed by atoms with Crippen molar-refractivity contribution in [1.82, 2.24) is 24.8 Å². The van der Waals surface area contributed by atoms with E-state index in [1.165, 1.54) is 5.56 Å². The number of benzene rings is 1. The van der Waals surface area contributed by atoms with Gasteiger partial charge in [-0.25, -0.2) is 9.97 Å². The van der Waals surface area contributed by atoms with Gasteiger partial charge in [-0.1, -0.05) is 30.3 Å². The molecule has 27 heavy (non-hydrogen) atoms. The molecule has 0 bridgehead atoms. The first kappa shape index (κ1) is 17.8. The van der Waals surface area contributed by atoms with E-state index >= 15 is 0 Å². The average molecular weight is 359 g/mol. The van der Waals surface area contributed by atoms with E-state index in [0.717, 1.165) is 49.8 Å². The number of hydrogen-bond acceptors (Lipinski definition) is 5. The molecule has 5 heteroatoms. The number of hydrogen-bond donors (Lipinski definition) is 0. The molecule has 0 N–H and O–H groups in total. The van der Waals surface area contributed by atoms with E-state index in [-0.39, 0.29) is 0 Å². The fraction of sp³-hybridized carbons (Fsp3) is 0.318. The first-order chi connectivity index (χ1) is 13.3. The van der Waals surface area contributed by atoms with Gasteiger partial charge >= 0.3 is 0 Å². The summed E-state index contributed by atoms with van der Waals surface area (Å²) in [7, 11) is 0. The molecule has 0 aliphatic carbocycles. The lowest BCUT2D eigenvalue weighted by Gasteiger charge is -2.38. The highest BCUT2D eigenvalue weighted by molar-refractivity contribution is 5.52. The predicted molar refractivity (Wildman–Crippen MR) is 107 cm³/mol. The maximum absolute atomic E-state index is 4.73. The van der Waals surface area contributed by atoms with Crippen LogP contribution in [0.3, 0.4) is 0 Å². The quantitative estimate of drug-likeness (QED) is 0.698. The van der Waals surface area contributed by atoms with Crippen LogP contribution in [0, 0.1) is 0 Å². The summed E-state index contributed by atoms with van der Waals surface area (Å²) >= 11 is 0. The number of nitrogens with zero attached hydrogens (tertiary/aromatic N) is 5. The van der Waals surface area contributed by atoms with E-state index in [1.807, 2.05) is 30.6 Å². The highest BCUT2D eigenvalue weighted by Crippen LogP contribution is 2.22. The Bertz CT molecular complexity index is 845. The van der Waals surface area contributed by atoms with E-state index in [4.69, 9.17) is 4.98 Å². The highest BCUT2D eigenvalue weighted by atomic mass is 15.3. The second-order valence-electron chi connectivity index (χ2n) is 7.01. The molecule has 1 aliphatic heterocycles. The third-order valence-corrected chi connectivity index (χ3v) is 5.26. The maximum Gasteiger partial charge on any atom is 0.160 e. The van der Waals surface area contributed by atoms with Crippen molar-refractivity contribution < 1.29 is 0 Å². The minimum Gasteiger partial charge on any atom is -0.295 e. The molecule has 1 fully saturated rings. The summed E-state index contributed by atoms with van der Waals surface area (Å²) in [6.07, 6.45) is 5.42. The maximum atomic E-state index is 4.73. The molecule has 0 spiro atoms. The lowest BCUT2D eigenvalue weighted by atomic mass is 10.1. The van der Waals surface area contributed by atoms with Crippen molar-refractivity contribution in [2.75, 3.05) is 26.2 Å². The molecule has 0 unspecified atom stereocenters. The van der Waals surface area contributed by atoms with Gasteiger partial charge < -0.3 is 0 Å². The molecular weight excluding hydrogens is 334 g/mol. The van der Waals surface area contributed by atoms with Crippen LogP contribution in [-0.2, 0) is 6.54 Å². The SMILES string of the molecule is C[C@H](c1ccccc1)N1CCN(Cc2ccnc(-c3cccnc3)n2)CC1. The van der Waals surface area contributed by atoms with Crippen molar-refractivity contribution in [3.05, 3.63) is 78.4 Å². The Kier molecular flexibility index (Phi) is 5.51. The van der Waals surface area contributed by atoms with Gasteiger partial charge in [-0.2, -0.15) is 0 Å². The molecule has 1 aliphatic rings. The van der Waals surface area contributed by atoms with Crippen molar-refractivity contribution in [1.29, 1.82) is 0 Å². The summed E-state index contributed by atoms with van der Waals surface area (Å²) in [5.41, 5.74) is 3.41. The molecule has 5 nitrogen and oxygen atoms in total. The molecular formula is C22H25N5. The predicted octanol–water partition coefficient (Wildman–Crippen LogP) is 3.42. The minimum atomic E-state index is 0.463. The topological polar surface area (TPSA) is 45.2 Å². The molecule has 3 aromatic rings. The van der Waals surface area contributed by atoms with Gasteiger partial charge in [0.05, 0.1) is 5.69 Å². The minimum absolute atomic E-state index is 0.463. The van der Waals surface area contributed by atoms with Crippen molar-refractivity contribution in [2.24, 2.45) is 0 Å². The van der Waals surface area contributed by atoms with Gasteiger partial charge in [0.25, 0.3) is 0 Å². The summed E-state index contributed by atoms with van der Waals surface area (Å²) in [5, 5.41) is 0. The Labute approximate surface area is 160 Å². The third-order valence-electron chi connectivity index (χ3n) is 5.26. The van der Waals surface area contributed by atoms with Crippen LogP contribution in [0.5, 0.6) is 0 Å². The van der Waals surface area contributed by atoms with Gasteiger partial charge in [0.2, 0.25) is 0 Å². The number of pyridine rings is 1. The summed E-state index contributed by atoms with van der Waals surface area (Å²) in [6.45, 7) is 7.44. The monoisotopic (exact) mass is 359 g/mol. The Hall–Kier alpha value is -2.63. The second-order valence-corrected chi connectivity index (χ2v) is 7.01. The normalized spacial score (nSPS) is 16.9. The summed E-state index contributed by atoms with van der Waals surface area (Å²) in [6, 6.07) is 17.1. The van der Waals surface area contributed by atoms with Crippen LogP contribution in [0.1, 0.15) is 24.2 Å². The molecule has 4 rings (SSSR count). The first-order valence-electron chi connectivity index (χ1n) is 9.53. The van der Waals surface area contributed by atoms with Crippen LogP contribution >= 0.6 is 0 Å². The molecule has 0 amide bonds. The van der Waals surface area contributed by atoms with Crippen LogP contribution in [0.2, 0.25) is 0 Å². The summed E-state index contributed by atoms with van der Waals surface area (Å²) < 4.78 is 0. The Morgan fingerprint density at radius 1 is 0.926 bits per heavy atom. The van der Waals surface area contributed by atoms with Crippen LogP contribution in [0.15, 0.2) is 67.1 Å². The van der Waals surface area contributed by atoms with E-state index in [0.29, 0.717) is 6.04 Å². The first-order valence-corrected chi connectivity index (χ1v) is 9.53. The van der Waals surface area contributed by atoms with Gasteiger partial charge in [-0.05, 0) is 30.7 Å². The summed E-state index contributed by atoms with van der Waals surface area (Å²) in [4.78, 5) is 18.3. The van der Waals surface area contributed by atoms with E-state index in [1.54, 1.807) is 6.20 Å². The van der Waals surface area contributed by atoms with Crippen LogP contribution in [-0.4, -0.2) is 50.9 Å². The zero-order valence-electron chi connectivity index (χ0n) is 15.7. The Balaban J connectivity index is 1.36.